The third kappa shape index (κ3) is 7.72. The van der Waals surface area contributed by atoms with Gasteiger partial charge in [-0.05, 0) is 78.8 Å². The number of esters is 1. The summed E-state index contributed by atoms with van der Waals surface area (Å²) >= 11 is 0. The SMILES string of the molecule is CCCCCCCCc1ccc(C(=O)Oc2ccc(C3(CC(C)CC)CCCCC3)cc2)cc1. The Morgan fingerprint density at radius 1 is 0.853 bits per heavy atom. The van der Waals surface area contributed by atoms with E-state index in [1.807, 2.05) is 24.3 Å². The summed E-state index contributed by atoms with van der Waals surface area (Å²) in [5, 5.41) is 0. The van der Waals surface area contributed by atoms with Crippen molar-refractivity contribution in [3.05, 3.63) is 65.2 Å². The number of hydrogen-bond donors (Lipinski definition) is 0. The molecular formula is C32H46O2. The van der Waals surface area contributed by atoms with Gasteiger partial charge in [0.25, 0.3) is 0 Å². The van der Waals surface area contributed by atoms with Crippen LogP contribution in [0.1, 0.15) is 126 Å². The Morgan fingerprint density at radius 3 is 2.15 bits per heavy atom. The van der Waals surface area contributed by atoms with Crippen molar-refractivity contribution in [3.8, 4) is 5.75 Å². The van der Waals surface area contributed by atoms with Crippen LogP contribution in [0.3, 0.4) is 0 Å². The Morgan fingerprint density at radius 2 is 1.50 bits per heavy atom. The molecular weight excluding hydrogens is 416 g/mol. The van der Waals surface area contributed by atoms with E-state index < -0.39 is 0 Å². The molecule has 0 spiro atoms. The number of ether oxygens (including phenoxy) is 1. The lowest BCUT2D eigenvalue weighted by atomic mass is 9.65. The number of carbonyl (C=O) groups is 1. The Bertz CT molecular complexity index is 844. The van der Waals surface area contributed by atoms with Gasteiger partial charge in [-0.3, -0.25) is 0 Å². The standard InChI is InChI=1S/C32H46O2/c1-4-6-7-8-9-11-14-27-15-17-28(18-16-27)31(33)34-30-21-19-29(20-22-30)32(25-26(3)5-2)23-12-10-13-24-32/h15-22,26H,4-14,23-25H2,1-3H3. The van der Waals surface area contributed by atoms with Gasteiger partial charge in [0.15, 0.2) is 0 Å². The summed E-state index contributed by atoms with van der Waals surface area (Å²) in [4.78, 5) is 12.7. The second-order valence-electron chi connectivity index (χ2n) is 10.7. The first kappa shape index (κ1) is 26.5. The van der Waals surface area contributed by atoms with Crippen molar-refractivity contribution >= 4 is 5.97 Å². The molecule has 0 amide bonds. The average Bonchev–Trinajstić information content (AvgIpc) is 2.87. The van der Waals surface area contributed by atoms with E-state index >= 15 is 0 Å². The van der Waals surface area contributed by atoms with E-state index in [0.29, 0.717) is 16.7 Å². The molecule has 34 heavy (non-hydrogen) atoms. The van der Waals surface area contributed by atoms with E-state index in [-0.39, 0.29) is 5.97 Å². The van der Waals surface area contributed by atoms with Gasteiger partial charge in [-0.1, -0.05) is 103 Å². The van der Waals surface area contributed by atoms with Crippen molar-refractivity contribution in [2.24, 2.45) is 5.92 Å². The Hall–Kier alpha value is -2.09. The number of hydrogen-bond acceptors (Lipinski definition) is 2. The van der Waals surface area contributed by atoms with Gasteiger partial charge >= 0.3 is 5.97 Å². The molecule has 0 heterocycles. The highest BCUT2D eigenvalue weighted by molar-refractivity contribution is 5.91. The lowest BCUT2D eigenvalue weighted by molar-refractivity contribution is 0.0734. The molecule has 186 valence electrons. The van der Waals surface area contributed by atoms with Crippen LogP contribution in [0.4, 0.5) is 0 Å². The smallest absolute Gasteiger partial charge is 0.343 e. The molecule has 1 unspecified atom stereocenters. The van der Waals surface area contributed by atoms with Crippen molar-refractivity contribution < 1.29 is 9.53 Å². The monoisotopic (exact) mass is 462 g/mol. The third-order valence-corrected chi connectivity index (χ3v) is 7.93. The highest BCUT2D eigenvalue weighted by atomic mass is 16.5. The van der Waals surface area contributed by atoms with Gasteiger partial charge in [-0.15, -0.1) is 0 Å². The molecule has 0 N–H and O–H groups in total. The van der Waals surface area contributed by atoms with Gasteiger partial charge in [-0.2, -0.15) is 0 Å². The molecule has 0 aliphatic heterocycles. The van der Waals surface area contributed by atoms with Crippen molar-refractivity contribution in [2.45, 2.75) is 116 Å². The number of unbranched alkanes of at least 4 members (excludes halogenated alkanes) is 5. The minimum Gasteiger partial charge on any atom is -0.423 e. The quantitative estimate of drug-likeness (QED) is 0.168. The van der Waals surface area contributed by atoms with Crippen LogP contribution in [-0.4, -0.2) is 5.97 Å². The van der Waals surface area contributed by atoms with Gasteiger partial charge in [-0.25, -0.2) is 4.79 Å². The molecule has 3 rings (SSSR count). The van der Waals surface area contributed by atoms with Gasteiger partial charge in [0.2, 0.25) is 0 Å². The van der Waals surface area contributed by atoms with Crippen LogP contribution >= 0.6 is 0 Å². The second-order valence-corrected chi connectivity index (χ2v) is 10.7. The molecule has 1 aliphatic rings. The predicted molar refractivity (Wildman–Crippen MR) is 144 cm³/mol. The lowest BCUT2D eigenvalue weighted by Gasteiger charge is -2.40. The zero-order chi connectivity index (χ0) is 24.2. The van der Waals surface area contributed by atoms with Gasteiger partial charge in [0, 0.05) is 0 Å². The fourth-order valence-electron chi connectivity index (χ4n) is 5.61. The van der Waals surface area contributed by atoms with Crippen LogP contribution in [0.5, 0.6) is 5.75 Å². The summed E-state index contributed by atoms with van der Waals surface area (Å²) in [5.74, 6) is 1.10. The van der Waals surface area contributed by atoms with Crippen molar-refractivity contribution in [1.29, 1.82) is 0 Å². The van der Waals surface area contributed by atoms with Crippen molar-refractivity contribution in [1.82, 2.24) is 0 Å². The molecule has 1 atom stereocenters. The summed E-state index contributed by atoms with van der Waals surface area (Å²) < 4.78 is 5.71. The molecule has 0 aromatic heterocycles. The van der Waals surface area contributed by atoms with Crippen LogP contribution in [-0.2, 0) is 11.8 Å². The fourth-order valence-corrected chi connectivity index (χ4v) is 5.61. The Labute approximate surface area is 208 Å². The minimum atomic E-state index is -0.272. The maximum absolute atomic E-state index is 12.7. The van der Waals surface area contributed by atoms with Crippen LogP contribution < -0.4 is 4.74 Å². The number of aryl methyl sites for hydroxylation is 1. The van der Waals surface area contributed by atoms with E-state index in [0.717, 1.165) is 12.3 Å². The normalized spacial score (nSPS) is 16.2. The van der Waals surface area contributed by atoms with Crippen LogP contribution in [0.15, 0.2) is 48.5 Å². The summed E-state index contributed by atoms with van der Waals surface area (Å²) in [6, 6.07) is 16.4. The van der Waals surface area contributed by atoms with Crippen LogP contribution in [0.25, 0.3) is 0 Å². The van der Waals surface area contributed by atoms with Gasteiger partial charge in [0.1, 0.15) is 5.75 Å². The molecule has 1 aliphatic carbocycles. The number of benzene rings is 2. The molecule has 1 saturated carbocycles. The predicted octanol–water partition coefficient (Wildman–Crippen LogP) is 9.45. The van der Waals surface area contributed by atoms with E-state index in [1.54, 1.807) is 0 Å². The first-order valence-corrected chi connectivity index (χ1v) is 14.0. The summed E-state index contributed by atoms with van der Waals surface area (Å²) in [7, 11) is 0. The van der Waals surface area contributed by atoms with Crippen molar-refractivity contribution in [3.63, 3.8) is 0 Å². The Balaban J connectivity index is 1.54. The number of rotatable bonds is 13. The molecule has 2 heteroatoms. The first-order chi connectivity index (χ1) is 16.6. The maximum atomic E-state index is 12.7. The van der Waals surface area contributed by atoms with E-state index in [1.165, 1.54) is 94.6 Å². The van der Waals surface area contributed by atoms with E-state index in [9.17, 15) is 4.79 Å². The largest absolute Gasteiger partial charge is 0.423 e. The molecule has 2 aromatic rings. The minimum absolute atomic E-state index is 0.272. The topological polar surface area (TPSA) is 26.3 Å². The van der Waals surface area contributed by atoms with Crippen LogP contribution in [0, 0.1) is 5.92 Å². The zero-order valence-electron chi connectivity index (χ0n) is 21.9. The van der Waals surface area contributed by atoms with E-state index in [2.05, 4.69) is 45.0 Å². The Kier molecular flexibility index (Phi) is 10.7. The summed E-state index contributed by atoms with van der Waals surface area (Å²) in [6.45, 7) is 6.93. The van der Waals surface area contributed by atoms with E-state index in [4.69, 9.17) is 4.74 Å². The first-order valence-electron chi connectivity index (χ1n) is 14.0. The number of carbonyl (C=O) groups excluding carboxylic acids is 1. The second kappa shape index (κ2) is 13.7. The summed E-state index contributed by atoms with van der Waals surface area (Å²) in [6.07, 6.45) is 18.0. The molecule has 0 saturated heterocycles. The van der Waals surface area contributed by atoms with Gasteiger partial charge in [0.05, 0.1) is 5.56 Å². The van der Waals surface area contributed by atoms with Gasteiger partial charge < -0.3 is 4.74 Å². The highest BCUT2D eigenvalue weighted by Gasteiger charge is 2.34. The third-order valence-electron chi connectivity index (χ3n) is 7.93. The molecule has 2 nitrogen and oxygen atoms in total. The highest BCUT2D eigenvalue weighted by Crippen LogP contribution is 2.44. The fraction of sp³-hybridized carbons (Fsp3) is 0.594. The van der Waals surface area contributed by atoms with Crippen molar-refractivity contribution in [2.75, 3.05) is 0 Å². The van der Waals surface area contributed by atoms with Crippen LogP contribution in [0.2, 0.25) is 0 Å². The lowest BCUT2D eigenvalue weighted by Crippen LogP contribution is -2.31. The molecule has 0 radical (unpaired) electrons. The average molecular weight is 463 g/mol. The zero-order valence-corrected chi connectivity index (χ0v) is 21.9. The maximum Gasteiger partial charge on any atom is 0.343 e. The molecule has 0 bridgehead atoms. The molecule has 2 aromatic carbocycles. The summed E-state index contributed by atoms with van der Waals surface area (Å²) in [5.41, 5.74) is 3.64. The molecule has 1 fully saturated rings.